The summed E-state index contributed by atoms with van der Waals surface area (Å²) in [6.45, 7) is 0.157. The van der Waals surface area contributed by atoms with Gasteiger partial charge in [0.05, 0.1) is 16.8 Å². The number of aromatic nitrogens is 1. The zero-order valence-electron chi connectivity index (χ0n) is 10.8. The molecular weight excluding hydrogens is 281 g/mol. The van der Waals surface area contributed by atoms with Crippen LogP contribution in [0.3, 0.4) is 0 Å². The van der Waals surface area contributed by atoms with Crippen LogP contribution in [-0.4, -0.2) is 20.1 Å². The fraction of sp³-hybridized carbons (Fsp3) is 0.154. The zero-order valence-corrected chi connectivity index (χ0v) is 10.8. The minimum Gasteiger partial charge on any atom is -0.506 e. The highest BCUT2D eigenvalue weighted by Crippen LogP contribution is 2.21. The Morgan fingerprint density at radius 3 is 2.76 bits per heavy atom. The number of halogens is 1. The molecule has 110 valence electrons. The molecule has 1 heterocycles. The van der Waals surface area contributed by atoms with E-state index in [1.54, 1.807) is 0 Å². The summed E-state index contributed by atoms with van der Waals surface area (Å²) in [6.07, 6.45) is 1.17. The fourth-order valence-corrected chi connectivity index (χ4v) is 1.77. The van der Waals surface area contributed by atoms with Gasteiger partial charge >= 0.3 is 5.69 Å². The molecule has 2 rings (SSSR count). The average molecular weight is 293 g/mol. The molecule has 1 aromatic carbocycles. The lowest BCUT2D eigenvalue weighted by molar-refractivity contribution is -0.387. The molecule has 7 nitrogen and oxygen atoms in total. The minimum absolute atomic E-state index is 0.0372. The highest BCUT2D eigenvalue weighted by Gasteiger charge is 2.16. The second-order valence-corrected chi connectivity index (χ2v) is 4.27. The Labute approximate surface area is 118 Å². The molecule has 0 atom stereocenters. The lowest BCUT2D eigenvalue weighted by atomic mass is 10.2. The van der Waals surface area contributed by atoms with Gasteiger partial charge in [0.1, 0.15) is 11.5 Å². The van der Waals surface area contributed by atoms with Crippen molar-refractivity contribution in [3.8, 4) is 11.5 Å². The number of nitrogens with zero attached hydrogens (tertiary/aromatic N) is 2. The van der Waals surface area contributed by atoms with Gasteiger partial charge < -0.3 is 15.5 Å². The first kappa shape index (κ1) is 14.7. The predicted molar refractivity (Wildman–Crippen MR) is 71.2 cm³/mol. The third-order valence-corrected chi connectivity index (χ3v) is 2.80. The number of nitrogens with one attached hydrogen (secondary N) is 1. The van der Waals surface area contributed by atoms with Gasteiger partial charge in [-0.2, -0.15) is 4.39 Å². The lowest BCUT2D eigenvalue weighted by Crippen LogP contribution is -2.15. The molecule has 1 aromatic heterocycles. The highest BCUT2D eigenvalue weighted by molar-refractivity contribution is 5.37. The summed E-state index contributed by atoms with van der Waals surface area (Å²) in [4.78, 5) is 13.7. The van der Waals surface area contributed by atoms with Gasteiger partial charge in [-0.05, 0) is 0 Å². The van der Waals surface area contributed by atoms with Crippen molar-refractivity contribution in [2.24, 2.45) is 0 Å². The molecule has 2 aromatic rings. The number of pyridine rings is 1. The molecule has 0 saturated carbocycles. The van der Waals surface area contributed by atoms with E-state index in [1.165, 1.54) is 18.3 Å². The topological polar surface area (TPSA) is 109 Å². The van der Waals surface area contributed by atoms with E-state index in [4.69, 9.17) is 5.11 Å². The van der Waals surface area contributed by atoms with Crippen molar-refractivity contribution in [1.82, 2.24) is 10.3 Å². The lowest BCUT2D eigenvalue weighted by Gasteiger charge is -2.07. The Hall–Kier alpha value is -2.74. The van der Waals surface area contributed by atoms with Crippen LogP contribution in [0, 0.1) is 15.9 Å². The van der Waals surface area contributed by atoms with Gasteiger partial charge in [-0.25, -0.2) is 0 Å². The third-order valence-electron chi connectivity index (χ3n) is 2.80. The second kappa shape index (κ2) is 6.14. The van der Waals surface area contributed by atoms with Crippen LogP contribution in [0.5, 0.6) is 11.5 Å². The summed E-state index contributed by atoms with van der Waals surface area (Å²) in [5.41, 5.74) is -0.166. The Morgan fingerprint density at radius 2 is 2.10 bits per heavy atom. The number of aromatic hydroxyl groups is 2. The van der Waals surface area contributed by atoms with Crippen LogP contribution in [0.4, 0.5) is 10.1 Å². The summed E-state index contributed by atoms with van der Waals surface area (Å²) >= 11 is 0. The first-order valence-electron chi connectivity index (χ1n) is 5.98. The Morgan fingerprint density at radius 1 is 1.33 bits per heavy atom. The molecule has 3 N–H and O–H groups in total. The maximum absolute atomic E-state index is 13.8. The molecule has 0 fully saturated rings. The average Bonchev–Trinajstić information content (AvgIpc) is 2.42. The Kier molecular flexibility index (Phi) is 4.29. The van der Waals surface area contributed by atoms with Crippen LogP contribution in [0.2, 0.25) is 0 Å². The van der Waals surface area contributed by atoms with Crippen LogP contribution in [0.15, 0.2) is 30.5 Å². The molecule has 0 radical (unpaired) electrons. The fourth-order valence-electron chi connectivity index (χ4n) is 1.77. The number of hydrogen-bond acceptors (Lipinski definition) is 6. The summed E-state index contributed by atoms with van der Waals surface area (Å²) in [6, 6.07) is 5.05. The van der Waals surface area contributed by atoms with Gasteiger partial charge in [-0.1, -0.05) is 12.1 Å². The maximum atomic E-state index is 13.8. The molecule has 0 amide bonds. The van der Waals surface area contributed by atoms with Gasteiger partial charge in [0, 0.05) is 30.8 Å². The molecule has 8 heteroatoms. The summed E-state index contributed by atoms with van der Waals surface area (Å²) in [5, 5.41) is 32.1. The quantitative estimate of drug-likeness (QED) is 0.573. The number of nitro groups is 1. The van der Waals surface area contributed by atoms with Crippen LogP contribution >= 0.6 is 0 Å². The van der Waals surface area contributed by atoms with E-state index < -0.39 is 16.4 Å². The minimum atomic E-state index is -0.891. The molecular formula is C13H12FN3O4. The van der Waals surface area contributed by atoms with E-state index in [1.807, 2.05) is 0 Å². The third kappa shape index (κ3) is 3.42. The van der Waals surface area contributed by atoms with Crippen molar-refractivity contribution in [3.63, 3.8) is 0 Å². The highest BCUT2D eigenvalue weighted by atomic mass is 19.1. The first-order chi connectivity index (χ1) is 9.99. The summed E-state index contributed by atoms with van der Waals surface area (Å²) in [5.74, 6) is -1.25. The van der Waals surface area contributed by atoms with Crippen LogP contribution < -0.4 is 5.32 Å². The summed E-state index contributed by atoms with van der Waals surface area (Å²) in [7, 11) is 0. The van der Waals surface area contributed by atoms with Crippen molar-refractivity contribution in [2.45, 2.75) is 13.1 Å². The summed E-state index contributed by atoms with van der Waals surface area (Å²) < 4.78 is 13.8. The van der Waals surface area contributed by atoms with Gasteiger partial charge in [0.15, 0.2) is 0 Å². The van der Waals surface area contributed by atoms with Crippen molar-refractivity contribution in [2.75, 3.05) is 0 Å². The molecule has 0 aliphatic heterocycles. The molecule has 0 unspecified atom stereocenters. The number of hydrogen-bond donors (Lipinski definition) is 3. The largest absolute Gasteiger partial charge is 0.506 e. The molecule has 21 heavy (non-hydrogen) atoms. The molecule has 0 saturated heterocycles. The van der Waals surface area contributed by atoms with E-state index in [0.29, 0.717) is 0 Å². The van der Waals surface area contributed by atoms with Crippen LogP contribution in [0.25, 0.3) is 0 Å². The van der Waals surface area contributed by atoms with Crippen LogP contribution in [0.1, 0.15) is 11.3 Å². The maximum Gasteiger partial charge on any atom is 0.305 e. The van der Waals surface area contributed by atoms with Crippen LogP contribution in [-0.2, 0) is 13.1 Å². The Balaban J connectivity index is 2.04. The normalized spacial score (nSPS) is 10.5. The van der Waals surface area contributed by atoms with E-state index >= 15 is 0 Å². The van der Waals surface area contributed by atoms with E-state index in [9.17, 15) is 19.6 Å². The van der Waals surface area contributed by atoms with Crippen molar-refractivity contribution in [3.05, 3.63) is 57.7 Å². The van der Waals surface area contributed by atoms with E-state index in [0.717, 1.165) is 12.1 Å². The smallest absolute Gasteiger partial charge is 0.305 e. The zero-order chi connectivity index (χ0) is 15.4. The Bertz CT molecular complexity index is 678. The SMILES string of the molecule is O=[N+]([O-])c1cccc(CNCc2ncc(O)cc2O)c1F. The molecule has 0 aliphatic carbocycles. The predicted octanol–water partition coefficient (Wildman–Crippen LogP) is 1.83. The number of benzene rings is 1. The van der Waals surface area contributed by atoms with E-state index in [2.05, 4.69) is 10.3 Å². The molecule has 0 spiro atoms. The molecule has 0 aliphatic rings. The van der Waals surface area contributed by atoms with Gasteiger partial charge in [-0.15, -0.1) is 0 Å². The monoisotopic (exact) mass is 293 g/mol. The number of rotatable bonds is 5. The molecule has 0 bridgehead atoms. The first-order valence-corrected chi connectivity index (χ1v) is 5.98. The van der Waals surface area contributed by atoms with E-state index in [-0.39, 0.29) is 35.8 Å². The van der Waals surface area contributed by atoms with Gasteiger partial charge in [0.25, 0.3) is 0 Å². The number of nitro benzene ring substituents is 1. The van der Waals surface area contributed by atoms with Crippen molar-refractivity contribution in [1.29, 1.82) is 0 Å². The van der Waals surface area contributed by atoms with Gasteiger partial charge in [-0.3, -0.25) is 15.1 Å². The van der Waals surface area contributed by atoms with Crippen molar-refractivity contribution < 1.29 is 19.5 Å². The van der Waals surface area contributed by atoms with Crippen molar-refractivity contribution >= 4 is 5.69 Å². The second-order valence-electron chi connectivity index (χ2n) is 4.27. The standard InChI is InChI=1S/C13H12FN3O4/c14-13-8(2-1-3-11(13)17(20)21)5-15-7-10-12(19)4-9(18)6-16-10/h1-4,6,15,18-19H,5,7H2. The van der Waals surface area contributed by atoms with Gasteiger partial charge in [0.2, 0.25) is 5.82 Å².